The molecule has 1 N–H and O–H groups in total. The summed E-state index contributed by atoms with van der Waals surface area (Å²) in [4.78, 5) is 36.4. The second-order valence-electron chi connectivity index (χ2n) is 5.76. The predicted octanol–water partition coefficient (Wildman–Crippen LogP) is 1.98. The van der Waals surface area contributed by atoms with Crippen molar-refractivity contribution in [3.63, 3.8) is 0 Å². The summed E-state index contributed by atoms with van der Waals surface area (Å²) in [7, 11) is 0. The van der Waals surface area contributed by atoms with Crippen molar-refractivity contribution < 1.29 is 24.2 Å². The van der Waals surface area contributed by atoms with Gasteiger partial charge in [-0.2, -0.15) is 0 Å². The van der Waals surface area contributed by atoms with Crippen LogP contribution in [-0.4, -0.2) is 47.4 Å². The van der Waals surface area contributed by atoms with Crippen LogP contribution < -0.4 is 4.74 Å². The summed E-state index contributed by atoms with van der Waals surface area (Å²) in [6, 6.07) is 6.43. The maximum absolute atomic E-state index is 12.1. The molecule has 1 aromatic rings. The molecule has 0 spiro atoms. The third-order valence-corrected chi connectivity index (χ3v) is 3.89. The molecule has 1 fully saturated rings. The zero-order valence-electron chi connectivity index (χ0n) is 13.2. The number of amides is 1. The van der Waals surface area contributed by atoms with Crippen molar-refractivity contribution in [1.29, 1.82) is 0 Å². The summed E-state index contributed by atoms with van der Waals surface area (Å²) in [6.07, 6.45) is 1.88. The largest absolute Gasteiger partial charge is 0.484 e. The third kappa shape index (κ3) is 4.81. The van der Waals surface area contributed by atoms with E-state index in [0.717, 1.165) is 25.9 Å². The monoisotopic (exact) mass is 319 g/mol. The molecule has 0 saturated carbocycles. The fourth-order valence-corrected chi connectivity index (χ4v) is 2.56. The van der Waals surface area contributed by atoms with E-state index in [1.165, 1.54) is 0 Å². The number of aliphatic carboxylic acids is 1. The van der Waals surface area contributed by atoms with Gasteiger partial charge >= 0.3 is 5.97 Å². The Labute approximate surface area is 135 Å². The predicted molar refractivity (Wildman–Crippen MR) is 83.5 cm³/mol. The number of ether oxygens (including phenoxy) is 1. The Hall–Kier alpha value is -2.37. The number of rotatable bonds is 7. The summed E-state index contributed by atoms with van der Waals surface area (Å²) in [5, 5.41) is 8.73. The Morgan fingerprint density at radius 1 is 1.17 bits per heavy atom. The quantitative estimate of drug-likeness (QED) is 0.777. The van der Waals surface area contributed by atoms with Crippen molar-refractivity contribution in [2.45, 2.75) is 26.2 Å². The standard InChI is InChI=1S/C17H21NO5/c1-12(10-16(20)21)17(22)13-4-6-14(7-5-13)23-11-15(19)18-8-2-3-9-18/h4-7,12H,2-3,8-11H2,1H3,(H,20,21). The van der Waals surface area contributed by atoms with E-state index in [9.17, 15) is 14.4 Å². The van der Waals surface area contributed by atoms with Crippen molar-refractivity contribution in [2.24, 2.45) is 5.92 Å². The molecular weight excluding hydrogens is 298 g/mol. The number of Topliss-reactive ketones (excluding diaryl/α,β-unsaturated/α-hetero) is 1. The van der Waals surface area contributed by atoms with Crippen LogP contribution in [0.3, 0.4) is 0 Å². The molecule has 1 heterocycles. The van der Waals surface area contributed by atoms with Crippen LogP contribution >= 0.6 is 0 Å². The number of ketones is 1. The second-order valence-corrected chi connectivity index (χ2v) is 5.76. The van der Waals surface area contributed by atoms with Gasteiger partial charge in [0.15, 0.2) is 12.4 Å². The number of benzene rings is 1. The normalized spacial score (nSPS) is 15.3. The smallest absolute Gasteiger partial charge is 0.304 e. The van der Waals surface area contributed by atoms with Gasteiger partial charge < -0.3 is 14.7 Å². The number of carbonyl (C=O) groups is 3. The lowest BCUT2D eigenvalue weighted by Gasteiger charge is -2.15. The minimum Gasteiger partial charge on any atom is -0.484 e. The van der Waals surface area contributed by atoms with E-state index in [4.69, 9.17) is 9.84 Å². The fourth-order valence-electron chi connectivity index (χ4n) is 2.56. The minimum atomic E-state index is -0.994. The lowest BCUT2D eigenvalue weighted by atomic mass is 9.96. The topological polar surface area (TPSA) is 83.9 Å². The molecule has 1 atom stereocenters. The number of hydrogen-bond acceptors (Lipinski definition) is 4. The Bertz CT molecular complexity index is 575. The first-order valence-corrected chi connectivity index (χ1v) is 7.74. The molecule has 1 aliphatic heterocycles. The first-order valence-electron chi connectivity index (χ1n) is 7.74. The summed E-state index contributed by atoms with van der Waals surface area (Å²) in [5.74, 6) is -1.30. The first kappa shape index (κ1) is 17.0. The van der Waals surface area contributed by atoms with Crippen molar-refractivity contribution >= 4 is 17.7 Å². The Morgan fingerprint density at radius 2 is 1.78 bits per heavy atom. The average Bonchev–Trinajstić information content (AvgIpc) is 3.06. The molecular formula is C17H21NO5. The summed E-state index contributed by atoms with van der Waals surface area (Å²) >= 11 is 0. The minimum absolute atomic E-state index is 0.0112. The molecule has 0 bridgehead atoms. The van der Waals surface area contributed by atoms with Crippen molar-refractivity contribution in [2.75, 3.05) is 19.7 Å². The van der Waals surface area contributed by atoms with Crippen LogP contribution in [0.2, 0.25) is 0 Å². The van der Waals surface area contributed by atoms with Gasteiger partial charge in [-0.1, -0.05) is 6.92 Å². The zero-order valence-corrected chi connectivity index (χ0v) is 13.2. The number of carboxylic acid groups (broad SMARTS) is 1. The molecule has 6 heteroatoms. The number of hydrogen-bond donors (Lipinski definition) is 1. The molecule has 1 aromatic carbocycles. The van der Waals surface area contributed by atoms with Gasteiger partial charge in [0.05, 0.1) is 6.42 Å². The van der Waals surface area contributed by atoms with Crippen molar-refractivity contribution in [3.05, 3.63) is 29.8 Å². The van der Waals surface area contributed by atoms with Gasteiger partial charge in [-0.3, -0.25) is 14.4 Å². The average molecular weight is 319 g/mol. The third-order valence-electron chi connectivity index (χ3n) is 3.89. The van der Waals surface area contributed by atoms with E-state index in [2.05, 4.69) is 0 Å². The fraction of sp³-hybridized carbons (Fsp3) is 0.471. The highest BCUT2D eigenvalue weighted by Gasteiger charge is 2.19. The van der Waals surface area contributed by atoms with Crippen LogP contribution in [0.5, 0.6) is 5.75 Å². The lowest BCUT2D eigenvalue weighted by molar-refractivity contribution is -0.137. The van der Waals surface area contributed by atoms with E-state index < -0.39 is 11.9 Å². The number of carbonyl (C=O) groups excluding carboxylic acids is 2. The summed E-state index contributed by atoms with van der Waals surface area (Å²) < 4.78 is 5.44. The van der Waals surface area contributed by atoms with E-state index in [1.54, 1.807) is 36.1 Å². The molecule has 1 aliphatic rings. The molecule has 23 heavy (non-hydrogen) atoms. The molecule has 1 saturated heterocycles. The highest BCUT2D eigenvalue weighted by molar-refractivity contribution is 5.99. The van der Waals surface area contributed by atoms with E-state index in [1.807, 2.05) is 0 Å². The number of carboxylic acids is 1. The highest BCUT2D eigenvalue weighted by atomic mass is 16.5. The molecule has 124 valence electrons. The van der Waals surface area contributed by atoms with Crippen LogP contribution in [0.25, 0.3) is 0 Å². The number of nitrogens with zero attached hydrogens (tertiary/aromatic N) is 1. The van der Waals surface area contributed by atoms with Crippen molar-refractivity contribution in [3.8, 4) is 5.75 Å². The molecule has 1 unspecified atom stereocenters. The molecule has 0 radical (unpaired) electrons. The Morgan fingerprint density at radius 3 is 2.35 bits per heavy atom. The highest BCUT2D eigenvalue weighted by Crippen LogP contribution is 2.17. The van der Waals surface area contributed by atoms with Gasteiger partial charge in [-0.25, -0.2) is 0 Å². The summed E-state index contributed by atoms with van der Waals surface area (Å²) in [6.45, 7) is 3.16. The SMILES string of the molecule is CC(CC(=O)O)C(=O)c1ccc(OCC(=O)N2CCCC2)cc1. The molecule has 0 aromatic heterocycles. The van der Waals surface area contributed by atoms with Crippen LogP contribution in [0.4, 0.5) is 0 Å². The summed E-state index contributed by atoms with van der Waals surface area (Å²) in [5.41, 5.74) is 0.442. The Kier molecular flexibility index (Phi) is 5.73. The molecule has 0 aliphatic carbocycles. The van der Waals surface area contributed by atoms with Crippen LogP contribution in [-0.2, 0) is 9.59 Å². The molecule has 2 rings (SSSR count). The van der Waals surface area contributed by atoms with Crippen molar-refractivity contribution in [1.82, 2.24) is 4.90 Å². The first-order chi connectivity index (χ1) is 11.0. The van der Waals surface area contributed by atoms with Gasteiger partial charge in [-0.15, -0.1) is 0 Å². The number of likely N-dealkylation sites (tertiary alicyclic amines) is 1. The Balaban J connectivity index is 1.87. The zero-order chi connectivity index (χ0) is 16.8. The van der Waals surface area contributed by atoms with E-state index >= 15 is 0 Å². The van der Waals surface area contributed by atoms with Crippen LogP contribution in [0, 0.1) is 5.92 Å². The van der Waals surface area contributed by atoms with Crippen LogP contribution in [0.1, 0.15) is 36.5 Å². The van der Waals surface area contributed by atoms with Gasteiger partial charge in [0.25, 0.3) is 5.91 Å². The van der Waals surface area contributed by atoms with E-state index in [0.29, 0.717) is 11.3 Å². The lowest BCUT2D eigenvalue weighted by Crippen LogP contribution is -2.32. The van der Waals surface area contributed by atoms with Crippen LogP contribution in [0.15, 0.2) is 24.3 Å². The van der Waals surface area contributed by atoms with Gasteiger partial charge in [0.1, 0.15) is 5.75 Å². The maximum atomic E-state index is 12.1. The van der Waals surface area contributed by atoms with Gasteiger partial charge in [0, 0.05) is 24.6 Å². The molecule has 1 amide bonds. The van der Waals surface area contributed by atoms with Gasteiger partial charge in [0.2, 0.25) is 0 Å². The second kappa shape index (κ2) is 7.76. The molecule has 6 nitrogen and oxygen atoms in total. The van der Waals surface area contributed by atoms with E-state index in [-0.39, 0.29) is 24.7 Å². The maximum Gasteiger partial charge on any atom is 0.304 e. The van der Waals surface area contributed by atoms with Gasteiger partial charge in [-0.05, 0) is 37.1 Å².